The Labute approximate surface area is 137 Å². The molecule has 0 bridgehead atoms. The molecule has 1 N–H and O–H groups in total. The van der Waals surface area contributed by atoms with E-state index in [1.54, 1.807) is 6.21 Å². The molecule has 0 radical (unpaired) electrons. The highest BCUT2D eigenvalue weighted by molar-refractivity contribution is 5.82. The molecule has 0 aliphatic rings. The van der Waals surface area contributed by atoms with Crippen molar-refractivity contribution in [2.24, 2.45) is 5.10 Å². The molecule has 0 saturated carbocycles. The van der Waals surface area contributed by atoms with E-state index in [0.717, 1.165) is 17.5 Å². The van der Waals surface area contributed by atoms with Crippen LogP contribution in [0.2, 0.25) is 0 Å². The van der Waals surface area contributed by atoms with Gasteiger partial charge >= 0.3 is 0 Å². The van der Waals surface area contributed by atoms with Gasteiger partial charge in [-0.15, -0.1) is 0 Å². The maximum Gasteiger partial charge on any atom is 0.277 e. The fraction of sp³-hybridized carbons (Fsp3) is 0.263. The summed E-state index contributed by atoms with van der Waals surface area (Å²) in [5.41, 5.74) is 7.01. The zero-order valence-corrected chi connectivity index (χ0v) is 13.8. The van der Waals surface area contributed by atoms with E-state index in [9.17, 15) is 4.79 Å². The summed E-state index contributed by atoms with van der Waals surface area (Å²) in [4.78, 5) is 11.7. The summed E-state index contributed by atoms with van der Waals surface area (Å²) in [7, 11) is 0. The quantitative estimate of drug-likeness (QED) is 0.657. The highest BCUT2D eigenvalue weighted by Gasteiger charge is 2.02. The molecule has 0 atom stereocenters. The Kier molecular flexibility index (Phi) is 5.92. The lowest BCUT2D eigenvalue weighted by Crippen LogP contribution is -2.24. The number of rotatable bonds is 6. The lowest BCUT2D eigenvalue weighted by atomic mass is 10.1. The van der Waals surface area contributed by atoms with Crippen molar-refractivity contribution in [2.45, 2.75) is 27.2 Å². The molecule has 0 spiro atoms. The van der Waals surface area contributed by atoms with E-state index in [4.69, 9.17) is 4.74 Å². The van der Waals surface area contributed by atoms with Crippen LogP contribution in [-0.4, -0.2) is 18.7 Å². The van der Waals surface area contributed by atoms with Crippen LogP contribution >= 0.6 is 0 Å². The van der Waals surface area contributed by atoms with Gasteiger partial charge in [0.2, 0.25) is 0 Å². The summed E-state index contributed by atoms with van der Waals surface area (Å²) in [6, 6.07) is 13.8. The van der Waals surface area contributed by atoms with Crippen molar-refractivity contribution in [2.75, 3.05) is 6.61 Å². The SMILES string of the molecule is CCc1ccc(/C=N/NC(=O)COc2ccc(C)c(C)c2)cc1. The van der Waals surface area contributed by atoms with Gasteiger partial charge in [0.05, 0.1) is 6.21 Å². The summed E-state index contributed by atoms with van der Waals surface area (Å²) in [5.74, 6) is 0.395. The summed E-state index contributed by atoms with van der Waals surface area (Å²) < 4.78 is 5.45. The lowest BCUT2D eigenvalue weighted by molar-refractivity contribution is -0.123. The summed E-state index contributed by atoms with van der Waals surface area (Å²) in [6.07, 6.45) is 2.62. The predicted molar refractivity (Wildman–Crippen MR) is 93.0 cm³/mol. The Morgan fingerprint density at radius 2 is 1.87 bits per heavy atom. The van der Waals surface area contributed by atoms with E-state index in [-0.39, 0.29) is 12.5 Å². The van der Waals surface area contributed by atoms with Gasteiger partial charge in [0, 0.05) is 0 Å². The highest BCUT2D eigenvalue weighted by atomic mass is 16.5. The van der Waals surface area contributed by atoms with Crippen molar-refractivity contribution in [3.05, 3.63) is 64.7 Å². The number of ether oxygens (including phenoxy) is 1. The minimum absolute atomic E-state index is 0.0609. The maximum absolute atomic E-state index is 11.7. The van der Waals surface area contributed by atoms with E-state index in [1.807, 2.05) is 56.3 Å². The van der Waals surface area contributed by atoms with Gasteiger partial charge in [-0.3, -0.25) is 4.79 Å². The van der Waals surface area contributed by atoms with Crippen molar-refractivity contribution in [1.82, 2.24) is 5.43 Å². The second-order valence-corrected chi connectivity index (χ2v) is 5.42. The first-order valence-corrected chi connectivity index (χ1v) is 7.69. The zero-order chi connectivity index (χ0) is 16.7. The second-order valence-electron chi connectivity index (χ2n) is 5.42. The van der Waals surface area contributed by atoms with Crippen molar-refractivity contribution >= 4 is 12.1 Å². The Hall–Kier alpha value is -2.62. The van der Waals surface area contributed by atoms with Crippen molar-refractivity contribution in [3.8, 4) is 5.75 Å². The van der Waals surface area contributed by atoms with Gasteiger partial charge < -0.3 is 4.74 Å². The minimum Gasteiger partial charge on any atom is -0.484 e. The van der Waals surface area contributed by atoms with Crippen LogP contribution in [0.1, 0.15) is 29.2 Å². The monoisotopic (exact) mass is 310 g/mol. The fourth-order valence-electron chi connectivity index (χ4n) is 2.00. The maximum atomic E-state index is 11.7. The van der Waals surface area contributed by atoms with Gasteiger partial charge in [-0.05, 0) is 54.7 Å². The van der Waals surface area contributed by atoms with Gasteiger partial charge in [-0.25, -0.2) is 5.43 Å². The Morgan fingerprint density at radius 3 is 2.52 bits per heavy atom. The van der Waals surface area contributed by atoms with E-state index in [2.05, 4.69) is 17.5 Å². The molecule has 23 heavy (non-hydrogen) atoms. The number of hydrazone groups is 1. The van der Waals surface area contributed by atoms with E-state index >= 15 is 0 Å². The summed E-state index contributed by atoms with van der Waals surface area (Å²) >= 11 is 0. The van der Waals surface area contributed by atoms with Gasteiger partial charge in [0.15, 0.2) is 6.61 Å². The molecule has 4 nitrogen and oxygen atoms in total. The first kappa shape index (κ1) is 16.7. The van der Waals surface area contributed by atoms with Crippen LogP contribution in [0.25, 0.3) is 0 Å². The summed E-state index contributed by atoms with van der Waals surface area (Å²) in [5, 5.41) is 3.94. The molecule has 0 aromatic heterocycles. The average Bonchev–Trinajstić information content (AvgIpc) is 2.56. The summed E-state index contributed by atoms with van der Waals surface area (Å²) in [6.45, 7) is 6.09. The molecule has 1 amide bonds. The normalized spacial score (nSPS) is 10.7. The van der Waals surface area contributed by atoms with Gasteiger partial charge in [0.25, 0.3) is 5.91 Å². The number of aryl methyl sites for hydroxylation is 3. The molecule has 0 aliphatic heterocycles. The van der Waals surface area contributed by atoms with Crippen molar-refractivity contribution in [1.29, 1.82) is 0 Å². The molecule has 120 valence electrons. The van der Waals surface area contributed by atoms with Crippen LogP contribution in [-0.2, 0) is 11.2 Å². The number of benzene rings is 2. The lowest BCUT2D eigenvalue weighted by Gasteiger charge is -2.07. The largest absolute Gasteiger partial charge is 0.484 e. The molecule has 2 aromatic carbocycles. The second kappa shape index (κ2) is 8.13. The number of hydrogen-bond donors (Lipinski definition) is 1. The van der Waals surface area contributed by atoms with Crippen LogP contribution < -0.4 is 10.2 Å². The van der Waals surface area contributed by atoms with Gasteiger partial charge in [-0.2, -0.15) is 5.10 Å². The first-order valence-electron chi connectivity index (χ1n) is 7.69. The minimum atomic E-state index is -0.287. The highest BCUT2D eigenvalue weighted by Crippen LogP contribution is 2.16. The van der Waals surface area contributed by atoms with Gasteiger partial charge in [0.1, 0.15) is 5.75 Å². The topological polar surface area (TPSA) is 50.7 Å². The third-order valence-corrected chi connectivity index (χ3v) is 3.64. The molecular weight excluding hydrogens is 288 g/mol. The molecule has 4 heteroatoms. The molecule has 0 unspecified atom stereocenters. The predicted octanol–water partition coefficient (Wildman–Crippen LogP) is 3.39. The van der Waals surface area contributed by atoms with Crippen molar-refractivity contribution in [3.63, 3.8) is 0 Å². The van der Waals surface area contributed by atoms with Crippen LogP contribution in [0.4, 0.5) is 0 Å². The number of nitrogens with zero attached hydrogens (tertiary/aromatic N) is 1. The molecule has 2 rings (SSSR count). The Morgan fingerprint density at radius 1 is 1.13 bits per heavy atom. The van der Waals surface area contributed by atoms with Crippen LogP contribution in [0.3, 0.4) is 0 Å². The number of carbonyl (C=O) groups excluding carboxylic acids is 1. The molecule has 0 aliphatic carbocycles. The average molecular weight is 310 g/mol. The van der Waals surface area contributed by atoms with Gasteiger partial charge in [-0.1, -0.05) is 37.3 Å². The molecule has 0 fully saturated rings. The van der Waals surface area contributed by atoms with Crippen LogP contribution in [0, 0.1) is 13.8 Å². The zero-order valence-electron chi connectivity index (χ0n) is 13.8. The molecular formula is C19H22N2O2. The van der Waals surface area contributed by atoms with E-state index in [1.165, 1.54) is 11.1 Å². The fourth-order valence-corrected chi connectivity index (χ4v) is 2.00. The third-order valence-electron chi connectivity index (χ3n) is 3.64. The van der Waals surface area contributed by atoms with Crippen molar-refractivity contribution < 1.29 is 9.53 Å². The first-order chi connectivity index (χ1) is 11.1. The molecule has 2 aromatic rings. The van der Waals surface area contributed by atoms with E-state index < -0.39 is 0 Å². The Balaban J connectivity index is 1.79. The number of hydrogen-bond acceptors (Lipinski definition) is 3. The molecule has 0 saturated heterocycles. The number of carbonyl (C=O) groups is 1. The Bertz CT molecular complexity index is 691. The number of nitrogens with one attached hydrogen (secondary N) is 1. The number of amides is 1. The van der Waals surface area contributed by atoms with Crippen LogP contribution in [0.5, 0.6) is 5.75 Å². The smallest absolute Gasteiger partial charge is 0.277 e. The van der Waals surface area contributed by atoms with Crippen LogP contribution in [0.15, 0.2) is 47.6 Å². The molecule has 0 heterocycles. The third kappa shape index (κ3) is 5.25. The standard InChI is InChI=1S/C19H22N2O2/c1-4-16-6-8-17(9-7-16)12-20-21-19(22)13-23-18-10-5-14(2)15(3)11-18/h5-12H,4,13H2,1-3H3,(H,21,22)/b20-12+. The van der Waals surface area contributed by atoms with E-state index in [0.29, 0.717) is 5.75 Å².